The van der Waals surface area contributed by atoms with E-state index in [9.17, 15) is 9.59 Å². The molecule has 4 rings (SSSR count). The summed E-state index contributed by atoms with van der Waals surface area (Å²) in [5, 5.41) is 0. The summed E-state index contributed by atoms with van der Waals surface area (Å²) in [7, 11) is 3.55. The molecule has 0 N–H and O–H groups in total. The van der Waals surface area contributed by atoms with Gasteiger partial charge in [-0.05, 0) is 30.5 Å². The number of nitrogens with zero attached hydrogens (tertiary/aromatic N) is 4. The Balaban J connectivity index is 1.67. The number of hydrogen-bond donors (Lipinski definition) is 0. The fourth-order valence-electron chi connectivity index (χ4n) is 4.88. The molecule has 3 heterocycles. The standard InChI is InChI=1S/C23H28N4O2/c1-25(2)22(29)27-15-12-23(18-8-4-3-5-9-18)11-14-26(21(28)16-20(23)27)17-19-10-6-7-13-24-19/h3-10,13,20H,11-12,14-17H2,1-2H3/t20-,23-/m0/s1. The van der Waals surface area contributed by atoms with Crippen molar-refractivity contribution in [2.24, 2.45) is 0 Å². The maximum Gasteiger partial charge on any atom is 0.319 e. The first-order chi connectivity index (χ1) is 14.0. The van der Waals surface area contributed by atoms with Gasteiger partial charge < -0.3 is 14.7 Å². The molecule has 2 atom stereocenters. The number of carbonyl (C=O) groups excluding carboxylic acids is 2. The molecule has 0 unspecified atom stereocenters. The lowest BCUT2D eigenvalue weighted by Crippen LogP contribution is -2.48. The van der Waals surface area contributed by atoms with E-state index in [1.807, 2.05) is 34.1 Å². The maximum atomic E-state index is 13.2. The topological polar surface area (TPSA) is 56.8 Å². The molecular formula is C23H28N4O2. The average Bonchev–Trinajstić information content (AvgIpc) is 3.04. The van der Waals surface area contributed by atoms with E-state index in [1.165, 1.54) is 5.56 Å². The van der Waals surface area contributed by atoms with Crippen molar-refractivity contribution in [1.29, 1.82) is 0 Å². The molecular weight excluding hydrogens is 364 g/mol. The minimum Gasteiger partial charge on any atom is -0.337 e. The SMILES string of the molecule is CN(C)C(=O)N1CC[C@]2(c3ccccc3)CCN(Cc3ccccn3)C(=O)C[C@H]12. The van der Waals surface area contributed by atoms with E-state index in [0.717, 1.165) is 18.5 Å². The summed E-state index contributed by atoms with van der Waals surface area (Å²) in [4.78, 5) is 35.9. The molecule has 0 bridgehead atoms. The molecule has 0 spiro atoms. The van der Waals surface area contributed by atoms with Crippen LogP contribution in [0.3, 0.4) is 0 Å². The molecule has 6 heteroatoms. The number of urea groups is 1. The van der Waals surface area contributed by atoms with Crippen LogP contribution < -0.4 is 0 Å². The Morgan fingerprint density at radius 1 is 1.10 bits per heavy atom. The summed E-state index contributed by atoms with van der Waals surface area (Å²) in [5.41, 5.74) is 1.93. The van der Waals surface area contributed by atoms with E-state index in [-0.39, 0.29) is 23.4 Å². The molecule has 152 valence electrons. The molecule has 6 nitrogen and oxygen atoms in total. The van der Waals surface area contributed by atoms with Gasteiger partial charge in [0, 0.05) is 45.2 Å². The minimum atomic E-state index is -0.193. The lowest BCUT2D eigenvalue weighted by Gasteiger charge is -2.37. The van der Waals surface area contributed by atoms with Gasteiger partial charge in [-0.1, -0.05) is 36.4 Å². The van der Waals surface area contributed by atoms with E-state index in [4.69, 9.17) is 0 Å². The summed E-state index contributed by atoms with van der Waals surface area (Å²) >= 11 is 0. The number of benzene rings is 1. The highest BCUT2D eigenvalue weighted by Crippen LogP contribution is 2.46. The van der Waals surface area contributed by atoms with Crippen LogP contribution in [0.1, 0.15) is 30.5 Å². The predicted octanol–water partition coefficient (Wildman–Crippen LogP) is 2.90. The van der Waals surface area contributed by atoms with Crippen LogP contribution in [-0.2, 0) is 16.8 Å². The third-order valence-electron chi connectivity index (χ3n) is 6.42. The van der Waals surface area contributed by atoms with Crippen LogP contribution in [0, 0.1) is 0 Å². The Morgan fingerprint density at radius 3 is 2.52 bits per heavy atom. The van der Waals surface area contributed by atoms with E-state index in [1.54, 1.807) is 25.2 Å². The highest BCUT2D eigenvalue weighted by molar-refractivity contribution is 5.80. The molecule has 3 amide bonds. The molecule has 1 aromatic heterocycles. The minimum absolute atomic E-state index is 0.0150. The molecule has 0 radical (unpaired) electrons. The van der Waals surface area contributed by atoms with Crippen molar-refractivity contribution in [2.45, 2.75) is 37.3 Å². The zero-order valence-electron chi connectivity index (χ0n) is 17.1. The highest BCUT2D eigenvalue weighted by Gasteiger charge is 2.52. The molecule has 2 aliphatic heterocycles. The first-order valence-corrected chi connectivity index (χ1v) is 10.2. The Bertz CT molecular complexity index is 871. The summed E-state index contributed by atoms with van der Waals surface area (Å²) in [6.07, 6.45) is 3.83. The molecule has 2 aliphatic rings. The second-order valence-electron chi connectivity index (χ2n) is 8.25. The van der Waals surface area contributed by atoms with Crippen molar-refractivity contribution in [2.75, 3.05) is 27.2 Å². The van der Waals surface area contributed by atoms with E-state index < -0.39 is 0 Å². The van der Waals surface area contributed by atoms with Crippen LogP contribution in [0.4, 0.5) is 4.79 Å². The van der Waals surface area contributed by atoms with Crippen molar-refractivity contribution in [3.05, 3.63) is 66.0 Å². The number of aromatic nitrogens is 1. The smallest absolute Gasteiger partial charge is 0.319 e. The van der Waals surface area contributed by atoms with E-state index >= 15 is 0 Å². The maximum absolute atomic E-state index is 13.2. The third kappa shape index (κ3) is 3.59. The van der Waals surface area contributed by atoms with Crippen molar-refractivity contribution < 1.29 is 9.59 Å². The van der Waals surface area contributed by atoms with Crippen molar-refractivity contribution in [1.82, 2.24) is 19.7 Å². The van der Waals surface area contributed by atoms with Gasteiger partial charge in [0.2, 0.25) is 5.91 Å². The number of carbonyl (C=O) groups is 2. The quantitative estimate of drug-likeness (QED) is 0.807. The van der Waals surface area contributed by atoms with Gasteiger partial charge in [0.25, 0.3) is 0 Å². The van der Waals surface area contributed by atoms with Gasteiger partial charge >= 0.3 is 6.03 Å². The van der Waals surface area contributed by atoms with Gasteiger partial charge in [0.1, 0.15) is 0 Å². The molecule has 2 fully saturated rings. The van der Waals surface area contributed by atoms with Gasteiger partial charge in [0.05, 0.1) is 18.3 Å². The number of pyridine rings is 1. The van der Waals surface area contributed by atoms with Crippen LogP contribution in [-0.4, -0.2) is 64.8 Å². The number of rotatable bonds is 3. The van der Waals surface area contributed by atoms with Crippen LogP contribution >= 0.6 is 0 Å². The molecule has 29 heavy (non-hydrogen) atoms. The number of hydrogen-bond acceptors (Lipinski definition) is 3. The lowest BCUT2D eigenvalue weighted by molar-refractivity contribution is -0.132. The highest BCUT2D eigenvalue weighted by atomic mass is 16.2. The van der Waals surface area contributed by atoms with Crippen LogP contribution in [0.25, 0.3) is 0 Å². The number of fused-ring (bicyclic) bond motifs is 1. The van der Waals surface area contributed by atoms with Gasteiger partial charge in [-0.2, -0.15) is 0 Å². The van der Waals surface area contributed by atoms with Gasteiger partial charge in [-0.25, -0.2) is 4.79 Å². The van der Waals surface area contributed by atoms with Crippen LogP contribution in [0.5, 0.6) is 0 Å². The normalized spacial score (nSPS) is 24.2. The van der Waals surface area contributed by atoms with E-state index in [2.05, 4.69) is 29.2 Å². The Labute approximate surface area is 172 Å². The number of amides is 3. The second-order valence-corrected chi connectivity index (χ2v) is 8.25. The Morgan fingerprint density at radius 2 is 1.83 bits per heavy atom. The summed E-state index contributed by atoms with van der Waals surface area (Å²) in [6.45, 7) is 1.87. The second kappa shape index (κ2) is 7.85. The fraction of sp³-hybridized carbons (Fsp3) is 0.435. The first kappa shape index (κ1) is 19.4. The third-order valence-corrected chi connectivity index (χ3v) is 6.42. The van der Waals surface area contributed by atoms with Crippen molar-refractivity contribution in [3.8, 4) is 0 Å². The molecule has 2 aromatic rings. The summed E-state index contributed by atoms with van der Waals surface area (Å²) < 4.78 is 0. The van der Waals surface area contributed by atoms with Crippen LogP contribution in [0.2, 0.25) is 0 Å². The van der Waals surface area contributed by atoms with E-state index in [0.29, 0.717) is 26.1 Å². The Hall–Kier alpha value is -2.89. The van der Waals surface area contributed by atoms with Gasteiger partial charge in [0.15, 0.2) is 0 Å². The average molecular weight is 393 g/mol. The van der Waals surface area contributed by atoms with Crippen molar-refractivity contribution >= 4 is 11.9 Å². The molecule has 0 aliphatic carbocycles. The number of likely N-dealkylation sites (tertiary alicyclic amines) is 2. The Kier molecular flexibility index (Phi) is 5.26. The predicted molar refractivity (Wildman–Crippen MR) is 111 cm³/mol. The van der Waals surface area contributed by atoms with Crippen molar-refractivity contribution in [3.63, 3.8) is 0 Å². The zero-order valence-corrected chi connectivity index (χ0v) is 17.1. The molecule has 0 saturated carbocycles. The van der Waals surface area contributed by atoms with Gasteiger partial charge in [-0.3, -0.25) is 9.78 Å². The van der Waals surface area contributed by atoms with Crippen LogP contribution in [0.15, 0.2) is 54.7 Å². The monoisotopic (exact) mass is 392 g/mol. The molecule has 2 saturated heterocycles. The zero-order chi connectivity index (χ0) is 20.4. The first-order valence-electron chi connectivity index (χ1n) is 10.2. The molecule has 1 aromatic carbocycles. The summed E-state index contributed by atoms with van der Waals surface area (Å²) in [5.74, 6) is 0.0944. The lowest BCUT2D eigenvalue weighted by atomic mass is 9.71. The summed E-state index contributed by atoms with van der Waals surface area (Å²) in [6, 6.07) is 16.1. The largest absolute Gasteiger partial charge is 0.337 e. The van der Waals surface area contributed by atoms with Gasteiger partial charge in [-0.15, -0.1) is 0 Å². The fourth-order valence-corrected chi connectivity index (χ4v) is 4.88.